The molecule has 2 aromatic rings. The van der Waals surface area contributed by atoms with Crippen molar-refractivity contribution < 1.29 is 14.3 Å². The van der Waals surface area contributed by atoms with Gasteiger partial charge in [-0.1, -0.05) is 6.07 Å². The van der Waals surface area contributed by atoms with Crippen LogP contribution in [0.25, 0.3) is 0 Å². The molecule has 0 radical (unpaired) electrons. The van der Waals surface area contributed by atoms with E-state index in [0.29, 0.717) is 13.2 Å². The summed E-state index contributed by atoms with van der Waals surface area (Å²) in [5.41, 5.74) is 3.73. The van der Waals surface area contributed by atoms with E-state index in [0.717, 1.165) is 28.3 Å². The van der Waals surface area contributed by atoms with E-state index in [9.17, 15) is 9.59 Å². The average Bonchev–Trinajstić information content (AvgIpc) is 2.95. The van der Waals surface area contributed by atoms with Crippen molar-refractivity contribution in [3.8, 4) is 5.75 Å². The van der Waals surface area contributed by atoms with Crippen LogP contribution in [0.5, 0.6) is 5.75 Å². The van der Waals surface area contributed by atoms with E-state index in [-0.39, 0.29) is 24.4 Å². The molecule has 1 atom stereocenters. The van der Waals surface area contributed by atoms with E-state index < -0.39 is 0 Å². The predicted molar refractivity (Wildman–Crippen MR) is 106 cm³/mol. The van der Waals surface area contributed by atoms with Crippen LogP contribution in [0.3, 0.4) is 0 Å². The van der Waals surface area contributed by atoms with Crippen LogP contribution in [0.15, 0.2) is 42.5 Å². The molecule has 142 valence electrons. The fourth-order valence-electron chi connectivity index (χ4n) is 3.34. The largest absolute Gasteiger partial charge is 0.494 e. The number of rotatable bonds is 5. The Bertz CT molecular complexity index is 813. The van der Waals surface area contributed by atoms with Gasteiger partial charge in [-0.05, 0) is 68.3 Å². The average molecular weight is 367 g/mol. The molecule has 2 aromatic carbocycles. The Morgan fingerprint density at radius 2 is 1.81 bits per heavy atom. The lowest BCUT2D eigenvalue weighted by Crippen LogP contribution is -2.39. The van der Waals surface area contributed by atoms with Gasteiger partial charge in [-0.15, -0.1) is 0 Å². The van der Waals surface area contributed by atoms with Crippen molar-refractivity contribution in [3.05, 3.63) is 53.6 Å². The lowest BCUT2D eigenvalue weighted by Gasteiger charge is -2.18. The summed E-state index contributed by atoms with van der Waals surface area (Å²) >= 11 is 0. The number of anilines is 2. The summed E-state index contributed by atoms with van der Waals surface area (Å²) in [7, 11) is 0. The van der Waals surface area contributed by atoms with Crippen LogP contribution in [0.4, 0.5) is 16.2 Å². The molecule has 0 aliphatic carbocycles. The number of benzene rings is 2. The molecule has 1 fully saturated rings. The minimum Gasteiger partial charge on any atom is -0.494 e. The van der Waals surface area contributed by atoms with Crippen LogP contribution in [-0.4, -0.2) is 31.1 Å². The molecular formula is C21H25N3O3. The smallest absolute Gasteiger partial charge is 0.319 e. The van der Waals surface area contributed by atoms with Crippen LogP contribution in [-0.2, 0) is 4.79 Å². The number of amides is 3. The number of aryl methyl sites for hydroxylation is 2. The summed E-state index contributed by atoms with van der Waals surface area (Å²) < 4.78 is 5.43. The summed E-state index contributed by atoms with van der Waals surface area (Å²) in [6.07, 6.45) is 0.285. The van der Waals surface area contributed by atoms with E-state index in [1.807, 2.05) is 63.2 Å². The molecule has 0 aromatic heterocycles. The zero-order chi connectivity index (χ0) is 19.4. The van der Waals surface area contributed by atoms with E-state index in [1.165, 1.54) is 0 Å². The number of hydrogen-bond acceptors (Lipinski definition) is 3. The van der Waals surface area contributed by atoms with Crippen molar-refractivity contribution in [2.45, 2.75) is 33.2 Å². The lowest BCUT2D eigenvalue weighted by molar-refractivity contribution is -0.117. The highest BCUT2D eigenvalue weighted by Gasteiger charge is 2.31. The zero-order valence-corrected chi connectivity index (χ0v) is 15.9. The summed E-state index contributed by atoms with van der Waals surface area (Å²) in [5.74, 6) is 0.770. The Balaban J connectivity index is 1.59. The molecule has 0 bridgehead atoms. The van der Waals surface area contributed by atoms with E-state index in [1.54, 1.807) is 4.90 Å². The molecule has 3 amide bonds. The first kappa shape index (κ1) is 18.8. The number of ether oxygens (including phenoxy) is 1. The summed E-state index contributed by atoms with van der Waals surface area (Å²) in [5, 5.41) is 5.74. The monoisotopic (exact) mass is 367 g/mol. The van der Waals surface area contributed by atoms with Gasteiger partial charge in [-0.25, -0.2) is 4.79 Å². The Kier molecular flexibility index (Phi) is 5.64. The van der Waals surface area contributed by atoms with Crippen LogP contribution in [0.2, 0.25) is 0 Å². The summed E-state index contributed by atoms with van der Waals surface area (Å²) in [4.78, 5) is 26.3. The molecule has 0 unspecified atom stereocenters. The van der Waals surface area contributed by atoms with E-state index >= 15 is 0 Å². The molecule has 3 rings (SSSR count). The number of nitrogens with one attached hydrogen (secondary N) is 2. The van der Waals surface area contributed by atoms with Crippen LogP contribution in [0.1, 0.15) is 24.5 Å². The van der Waals surface area contributed by atoms with Gasteiger partial charge in [0.15, 0.2) is 0 Å². The molecule has 1 heterocycles. The number of hydrogen-bond donors (Lipinski definition) is 2. The van der Waals surface area contributed by atoms with Crippen molar-refractivity contribution in [1.29, 1.82) is 0 Å². The molecule has 1 aliphatic heterocycles. The summed E-state index contributed by atoms with van der Waals surface area (Å²) in [6.45, 7) is 6.95. The Labute approximate surface area is 159 Å². The molecule has 27 heavy (non-hydrogen) atoms. The molecule has 0 spiro atoms. The van der Waals surface area contributed by atoms with Crippen LogP contribution in [0, 0.1) is 13.8 Å². The summed E-state index contributed by atoms with van der Waals surface area (Å²) in [6, 6.07) is 12.8. The second-order valence-electron chi connectivity index (χ2n) is 6.81. The SMILES string of the molecule is CCOc1ccc(N2C[C@@H](NC(=O)Nc3cc(C)cc(C)c3)CC2=O)cc1. The molecule has 1 saturated heterocycles. The predicted octanol–water partition coefficient (Wildman–Crippen LogP) is 3.63. The highest BCUT2D eigenvalue weighted by molar-refractivity contribution is 5.97. The third-order valence-electron chi connectivity index (χ3n) is 4.40. The topological polar surface area (TPSA) is 70.7 Å². The quantitative estimate of drug-likeness (QED) is 0.848. The number of nitrogens with zero attached hydrogens (tertiary/aromatic N) is 1. The number of carbonyl (C=O) groups is 2. The first-order valence-electron chi connectivity index (χ1n) is 9.13. The third-order valence-corrected chi connectivity index (χ3v) is 4.40. The van der Waals surface area contributed by atoms with Gasteiger partial charge in [0.25, 0.3) is 0 Å². The second kappa shape index (κ2) is 8.12. The van der Waals surface area contributed by atoms with Gasteiger partial charge in [0, 0.05) is 24.3 Å². The maximum Gasteiger partial charge on any atom is 0.319 e. The zero-order valence-electron chi connectivity index (χ0n) is 15.9. The van der Waals surface area contributed by atoms with Gasteiger partial charge in [-0.2, -0.15) is 0 Å². The number of urea groups is 1. The van der Waals surface area contributed by atoms with Crippen molar-refractivity contribution in [3.63, 3.8) is 0 Å². The van der Waals surface area contributed by atoms with Crippen LogP contribution >= 0.6 is 0 Å². The molecule has 0 saturated carbocycles. The first-order valence-corrected chi connectivity index (χ1v) is 9.13. The van der Waals surface area contributed by atoms with Gasteiger partial charge in [-0.3, -0.25) is 4.79 Å². The third kappa shape index (κ3) is 4.78. The van der Waals surface area contributed by atoms with E-state index in [2.05, 4.69) is 10.6 Å². The molecule has 6 nitrogen and oxygen atoms in total. The molecule has 6 heteroatoms. The Morgan fingerprint density at radius 3 is 2.44 bits per heavy atom. The fraction of sp³-hybridized carbons (Fsp3) is 0.333. The van der Waals surface area contributed by atoms with Crippen LogP contribution < -0.4 is 20.3 Å². The molecule has 1 aliphatic rings. The Morgan fingerprint density at radius 1 is 1.15 bits per heavy atom. The van der Waals surface area contributed by atoms with E-state index in [4.69, 9.17) is 4.74 Å². The van der Waals surface area contributed by atoms with Crippen molar-refractivity contribution in [2.24, 2.45) is 0 Å². The van der Waals surface area contributed by atoms with Gasteiger partial charge in [0.2, 0.25) is 5.91 Å². The van der Waals surface area contributed by atoms with Gasteiger partial charge in [0.1, 0.15) is 5.75 Å². The maximum atomic E-state index is 12.3. The minimum atomic E-state index is -0.300. The first-order chi connectivity index (χ1) is 12.9. The fourth-order valence-corrected chi connectivity index (χ4v) is 3.34. The normalized spacial score (nSPS) is 16.3. The molecular weight excluding hydrogens is 342 g/mol. The van der Waals surface area contributed by atoms with Gasteiger partial charge in [0.05, 0.1) is 12.6 Å². The van der Waals surface area contributed by atoms with Crippen molar-refractivity contribution in [2.75, 3.05) is 23.4 Å². The Hall–Kier alpha value is -3.02. The second-order valence-corrected chi connectivity index (χ2v) is 6.81. The lowest BCUT2D eigenvalue weighted by atomic mass is 10.1. The number of carbonyl (C=O) groups excluding carboxylic acids is 2. The van der Waals surface area contributed by atoms with Crippen molar-refractivity contribution in [1.82, 2.24) is 5.32 Å². The maximum absolute atomic E-state index is 12.3. The van der Waals surface area contributed by atoms with Gasteiger partial charge >= 0.3 is 6.03 Å². The molecule has 2 N–H and O–H groups in total. The minimum absolute atomic E-state index is 0.00383. The highest BCUT2D eigenvalue weighted by Crippen LogP contribution is 2.24. The standard InChI is InChI=1S/C21H25N3O3/c1-4-27-19-7-5-18(6-8-19)24-13-17(12-20(24)25)23-21(26)22-16-10-14(2)9-15(3)11-16/h5-11,17H,4,12-13H2,1-3H3,(H2,22,23,26)/t17-/m0/s1. The van der Waals surface area contributed by atoms with Gasteiger partial charge < -0.3 is 20.3 Å². The highest BCUT2D eigenvalue weighted by atomic mass is 16.5. The van der Waals surface area contributed by atoms with Crippen molar-refractivity contribution >= 4 is 23.3 Å².